The van der Waals surface area contributed by atoms with Gasteiger partial charge in [-0.2, -0.15) is 0 Å². The summed E-state index contributed by atoms with van der Waals surface area (Å²) in [6, 6.07) is 8.82. The normalized spacial score (nSPS) is 21.7. The summed E-state index contributed by atoms with van der Waals surface area (Å²) in [4.78, 5) is 0. The third-order valence-corrected chi connectivity index (χ3v) is 6.10. The summed E-state index contributed by atoms with van der Waals surface area (Å²) in [5.41, 5.74) is 5.01. The van der Waals surface area contributed by atoms with Crippen LogP contribution in [0.5, 0.6) is 0 Å². The molecule has 3 nitrogen and oxygen atoms in total. The summed E-state index contributed by atoms with van der Waals surface area (Å²) < 4.78 is 0. The van der Waals surface area contributed by atoms with Crippen molar-refractivity contribution in [1.82, 2.24) is 0 Å². The Labute approximate surface area is 189 Å². The molecule has 0 aliphatic heterocycles. The lowest BCUT2D eigenvalue weighted by Crippen LogP contribution is -2.26. The minimum atomic E-state index is -0.651. The molecule has 2 atom stereocenters. The topological polar surface area (TPSA) is 60.7 Å². The van der Waals surface area contributed by atoms with Crippen molar-refractivity contribution in [3.8, 4) is 0 Å². The van der Waals surface area contributed by atoms with E-state index in [0.717, 1.165) is 62.5 Å². The summed E-state index contributed by atoms with van der Waals surface area (Å²) in [5.74, 6) is 0. The number of aliphatic hydroxyl groups is 3. The number of hydrogen-bond donors (Lipinski definition) is 3. The van der Waals surface area contributed by atoms with E-state index >= 15 is 0 Å². The molecule has 0 amide bonds. The van der Waals surface area contributed by atoms with E-state index in [1.807, 2.05) is 19.9 Å². The second-order valence-corrected chi connectivity index (χ2v) is 9.70. The predicted molar refractivity (Wildman–Crippen MR) is 131 cm³/mol. The van der Waals surface area contributed by atoms with E-state index in [9.17, 15) is 15.3 Å². The van der Waals surface area contributed by atoms with E-state index in [2.05, 4.69) is 43.8 Å². The van der Waals surface area contributed by atoms with Gasteiger partial charge in [-0.25, -0.2) is 0 Å². The zero-order chi connectivity index (χ0) is 22.9. The molecule has 0 saturated heterocycles. The molecular formula is C28H42O3. The average molecular weight is 427 g/mol. The average Bonchev–Trinajstić information content (AvgIpc) is 2.70. The van der Waals surface area contributed by atoms with E-state index in [1.165, 1.54) is 16.7 Å². The summed E-state index contributed by atoms with van der Waals surface area (Å²) in [6.45, 7) is 9.98. The fourth-order valence-electron chi connectivity index (χ4n) is 4.14. The van der Waals surface area contributed by atoms with Crippen LogP contribution in [-0.4, -0.2) is 33.1 Å². The Morgan fingerprint density at radius 3 is 2.65 bits per heavy atom. The molecule has 0 aromatic heterocycles. The predicted octanol–water partition coefficient (Wildman–Crippen LogP) is 6.13. The molecule has 0 heterocycles. The Hall–Kier alpha value is -1.68. The van der Waals surface area contributed by atoms with E-state index < -0.39 is 17.8 Å². The quantitative estimate of drug-likeness (QED) is 0.373. The van der Waals surface area contributed by atoms with E-state index in [0.29, 0.717) is 12.8 Å². The number of hydrogen-bond acceptors (Lipinski definition) is 3. The molecule has 1 saturated carbocycles. The van der Waals surface area contributed by atoms with Crippen LogP contribution in [0.3, 0.4) is 0 Å². The molecular weight excluding hydrogens is 384 g/mol. The van der Waals surface area contributed by atoms with E-state index in [4.69, 9.17) is 0 Å². The Kier molecular flexibility index (Phi) is 10.2. The van der Waals surface area contributed by atoms with Crippen molar-refractivity contribution in [2.75, 3.05) is 0 Å². The van der Waals surface area contributed by atoms with Crippen LogP contribution in [-0.2, 0) is 6.42 Å². The minimum Gasteiger partial charge on any atom is -0.393 e. The zero-order valence-electron chi connectivity index (χ0n) is 19.7. The number of unbranched alkanes of at least 4 members (excludes halogenated alkanes) is 3. The Morgan fingerprint density at radius 1 is 1.16 bits per heavy atom. The molecule has 0 bridgehead atoms. The molecule has 3 N–H and O–H groups in total. The minimum absolute atomic E-state index is 0.375. The van der Waals surface area contributed by atoms with Gasteiger partial charge in [-0.1, -0.05) is 69.2 Å². The molecule has 31 heavy (non-hydrogen) atoms. The van der Waals surface area contributed by atoms with Crippen molar-refractivity contribution in [2.24, 2.45) is 0 Å². The monoisotopic (exact) mass is 426 g/mol. The first-order valence-corrected chi connectivity index (χ1v) is 12.0. The van der Waals surface area contributed by atoms with Crippen LogP contribution >= 0.6 is 0 Å². The van der Waals surface area contributed by atoms with Crippen molar-refractivity contribution in [3.05, 3.63) is 65.3 Å². The van der Waals surface area contributed by atoms with Crippen molar-refractivity contribution in [1.29, 1.82) is 0 Å². The Balaban J connectivity index is 2.09. The molecule has 172 valence electrons. The molecule has 0 radical (unpaired) electrons. The summed E-state index contributed by atoms with van der Waals surface area (Å²) in [7, 11) is 0. The number of aryl methyl sites for hydroxylation is 1. The Bertz CT molecular complexity index is 767. The van der Waals surface area contributed by atoms with Crippen LogP contribution in [0.2, 0.25) is 0 Å². The van der Waals surface area contributed by atoms with Crippen molar-refractivity contribution in [3.63, 3.8) is 0 Å². The molecule has 3 heteroatoms. The summed E-state index contributed by atoms with van der Waals surface area (Å²) in [6.07, 6.45) is 12.5. The molecule has 2 rings (SSSR count). The lowest BCUT2D eigenvalue weighted by Gasteiger charge is -2.26. The molecule has 1 fully saturated rings. The first-order chi connectivity index (χ1) is 14.7. The lowest BCUT2D eigenvalue weighted by molar-refractivity contribution is 0.0680. The first kappa shape index (κ1) is 25.6. The second-order valence-electron chi connectivity index (χ2n) is 9.70. The third kappa shape index (κ3) is 9.14. The fourth-order valence-corrected chi connectivity index (χ4v) is 4.14. The molecule has 1 aromatic carbocycles. The van der Waals surface area contributed by atoms with Gasteiger partial charge in [0.2, 0.25) is 0 Å². The van der Waals surface area contributed by atoms with Crippen LogP contribution in [0.4, 0.5) is 0 Å². The van der Waals surface area contributed by atoms with Crippen LogP contribution in [0.1, 0.15) is 89.7 Å². The van der Waals surface area contributed by atoms with Gasteiger partial charge in [0.25, 0.3) is 0 Å². The smallest absolute Gasteiger partial charge is 0.0811 e. The third-order valence-electron chi connectivity index (χ3n) is 6.10. The van der Waals surface area contributed by atoms with E-state index in [-0.39, 0.29) is 0 Å². The maximum Gasteiger partial charge on any atom is 0.0811 e. The fraction of sp³-hybridized carbons (Fsp3) is 0.571. The number of rotatable bonds is 11. The van der Waals surface area contributed by atoms with Gasteiger partial charge in [0.05, 0.1) is 17.8 Å². The number of aliphatic hydroxyl groups excluding tert-OH is 2. The molecule has 1 aliphatic rings. The van der Waals surface area contributed by atoms with Gasteiger partial charge < -0.3 is 15.3 Å². The second kappa shape index (κ2) is 12.4. The highest BCUT2D eigenvalue weighted by atomic mass is 16.3. The lowest BCUT2D eigenvalue weighted by atomic mass is 9.85. The zero-order valence-corrected chi connectivity index (χ0v) is 19.7. The van der Waals surface area contributed by atoms with Gasteiger partial charge in [-0.05, 0) is 80.2 Å². The highest BCUT2D eigenvalue weighted by Gasteiger charge is 2.24. The van der Waals surface area contributed by atoms with E-state index in [1.54, 1.807) is 0 Å². The van der Waals surface area contributed by atoms with Crippen LogP contribution in [0.15, 0.2) is 54.1 Å². The van der Waals surface area contributed by atoms with Crippen LogP contribution in [0.25, 0.3) is 5.57 Å². The van der Waals surface area contributed by atoms with Gasteiger partial charge in [0.15, 0.2) is 0 Å². The van der Waals surface area contributed by atoms with Gasteiger partial charge in [0, 0.05) is 6.42 Å². The molecule has 1 aliphatic carbocycles. The van der Waals surface area contributed by atoms with Gasteiger partial charge in [-0.3, -0.25) is 0 Å². The van der Waals surface area contributed by atoms with Crippen LogP contribution < -0.4 is 0 Å². The van der Waals surface area contributed by atoms with Crippen molar-refractivity contribution in [2.45, 2.75) is 103 Å². The highest BCUT2D eigenvalue weighted by molar-refractivity contribution is 5.68. The largest absolute Gasteiger partial charge is 0.393 e. The van der Waals surface area contributed by atoms with Crippen molar-refractivity contribution < 1.29 is 15.3 Å². The molecule has 0 spiro atoms. The molecule has 0 unspecified atom stereocenters. The van der Waals surface area contributed by atoms with Gasteiger partial charge >= 0.3 is 0 Å². The Morgan fingerprint density at radius 2 is 1.94 bits per heavy atom. The summed E-state index contributed by atoms with van der Waals surface area (Å²) in [5, 5.41) is 30.0. The maximum atomic E-state index is 10.1. The maximum absolute atomic E-state index is 10.1. The van der Waals surface area contributed by atoms with Gasteiger partial charge in [0.1, 0.15) is 0 Å². The standard InChI is InChI=1S/C28H42O3/c1-5-6-13-23(15-16-24-19-26(29)20-27(30)21(24)2)25-14-10-12-22(18-25)11-8-7-9-17-28(3,4)31/h10,12,14-16,18,26-27,29-31H,2,5-9,11,13,17,19-20H2,1,3-4H3/b23-15+,24-16-/t26-,27+/m1/s1. The number of benzene rings is 1. The SMILES string of the molecule is C=C1/C(=C\C=C(/CCCC)c2cccc(CCCCCC(C)(C)O)c2)C[C@@H](O)C[C@@H]1O. The highest BCUT2D eigenvalue weighted by Crippen LogP contribution is 2.30. The van der Waals surface area contributed by atoms with Gasteiger partial charge in [-0.15, -0.1) is 0 Å². The van der Waals surface area contributed by atoms with Crippen molar-refractivity contribution >= 4 is 5.57 Å². The summed E-state index contributed by atoms with van der Waals surface area (Å²) >= 11 is 0. The first-order valence-electron chi connectivity index (χ1n) is 12.0. The molecule has 1 aromatic rings. The van der Waals surface area contributed by atoms with Crippen LogP contribution in [0, 0.1) is 0 Å². The number of allylic oxidation sites excluding steroid dienone is 3.